The van der Waals surface area contributed by atoms with Crippen LogP contribution in [0.1, 0.15) is 26.7 Å². The predicted octanol–water partition coefficient (Wildman–Crippen LogP) is 3.23. The van der Waals surface area contributed by atoms with Gasteiger partial charge in [-0.25, -0.2) is 0 Å². The van der Waals surface area contributed by atoms with Gasteiger partial charge in [0.25, 0.3) is 0 Å². The number of nitrogens with zero attached hydrogens (tertiary/aromatic N) is 4. The fraction of sp³-hybridized carbons (Fsp3) is 0.500. The van der Waals surface area contributed by atoms with Crippen molar-refractivity contribution in [3.63, 3.8) is 0 Å². The minimum Gasteiger partial charge on any atom is -0.197 e. The molecule has 1 aliphatic carbocycles. The summed E-state index contributed by atoms with van der Waals surface area (Å²) in [5, 5.41) is 36.4. The Hall–Kier alpha value is -2.56. The van der Waals surface area contributed by atoms with Gasteiger partial charge in [0.2, 0.25) is 0 Å². The van der Waals surface area contributed by atoms with Crippen LogP contribution in [-0.4, -0.2) is 0 Å². The average molecular weight is 264 g/mol. The predicted molar refractivity (Wildman–Crippen MR) is 73.2 cm³/mol. The van der Waals surface area contributed by atoms with Crippen LogP contribution < -0.4 is 0 Å². The molecule has 100 valence electrons. The zero-order valence-corrected chi connectivity index (χ0v) is 11.7. The van der Waals surface area contributed by atoms with Crippen LogP contribution in [0, 0.1) is 69.0 Å². The molecule has 0 aromatic rings. The molecule has 0 radical (unpaired) electrons. The second-order valence-electron chi connectivity index (χ2n) is 5.30. The van der Waals surface area contributed by atoms with Gasteiger partial charge in [0, 0.05) is 0 Å². The fourth-order valence-electron chi connectivity index (χ4n) is 2.84. The maximum Gasteiger partial charge on any atom is 0.136 e. The second-order valence-corrected chi connectivity index (χ2v) is 5.30. The van der Waals surface area contributed by atoms with E-state index in [-0.39, 0.29) is 23.3 Å². The Morgan fingerprint density at radius 3 is 2.15 bits per heavy atom. The molecule has 3 atom stereocenters. The Balaban J connectivity index is 3.31. The van der Waals surface area contributed by atoms with Crippen LogP contribution in [0.3, 0.4) is 0 Å². The van der Waals surface area contributed by atoms with E-state index < -0.39 is 5.92 Å². The Morgan fingerprint density at radius 2 is 1.75 bits per heavy atom. The van der Waals surface area contributed by atoms with E-state index in [1.807, 2.05) is 38.1 Å². The van der Waals surface area contributed by atoms with E-state index in [4.69, 9.17) is 21.0 Å². The van der Waals surface area contributed by atoms with E-state index >= 15 is 0 Å². The topological polar surface area (TPSA) is 95.2 Å². The third-order valence-electron chi connectivity index (χ3n) is 4.16. The Labute approximate surface area is 119 Å². The minimum atomic E-state index is -0.721. The fourth-order valence-corrected chi connectivity index (χ4v) is 2.84. The molecule has 0 amide bonds. The van der Waals surface area contributed by atoms with Crippen LogP contribution in [-0.2, 0) is 0 Å². The summed E-state index contributed by atoms with van der Waals surface area (Å²) in [5.74, 6) is -0.871. The molecule has 0 aromatic heterocycles. The van der Waals surface area contributed by atoms with Crippen molar-refractivity contribution < 1.29 is 0 Å². The molecule has 4 heteroatoms. The molecule has 0 heterocycles. The lowest BCUT2D eigenvalue weighted by atomic mass is 9.65. The van der Waals surface area contributed by atoms with E-state index in [2.05, 4.69) is 6.58 Å². The zero-order chi connectivity index (χ0) is 15.3. The van der Waals surface area contributed by atoms with Crippen molar-refractivity contribution in [2.45, 2.75) is 26.7 Å². The first-order valence-electron chi connectivity index (χ1n) is 6.47. The van der Waals surface area contributed by atoms with Gasteiger partial charge in [0.1, 0.15) is 23.6 Å². The van der Waals surface area contributed by atoms with Gasteiger partial charge >= 0.3 is 0 Å². The summed E-state index contributed by atoms with van der Waals surface area (Å²) in [7, 11) is 0. The summed E-state index contributed by atoms with van der Waals surface area (Å²) in [5.41, 5.74) is 1.84. The molecule has 0 saturated heterocycles. The van der Waals surface area contributed by atoms with E-state index in [1.165, 1.54) is 0 Å². The standard InChI is InChI=1S/C16H16N4/c1-10(2)12-4-15(13(6-17)7-18)11(3)16(5-12)14(8-19)9-20/h11-13,15H,1,4-5H2,2-3H3/t11-,12+,15+/m0/s1. The molecule has 0 bridgehead atoms. The molecule has 0 aromatic carbocycles. The molecule has 1 saturated carbocycles. The van der Waals surface area contributed by atoms with Gasteiger partial charge in [-0.05, 0) is 43.1 Å². The van der Waals surface area contributed by atoms with Crippen molar-refractivity contribution in [3.8, 4) is 24.3 Å². The van der Waals surface area contributed by atoms with Gasteiger partial charge in [-0.15, -0.1) is 0 Å². The highest BCUT2D eigenvalue weighted by atomic mass is 14.4. The first kappa shape index (κ1) is 15.5. The molecule has 1 fully saturated rings. The summed E-state index contributed by atoms with van der Waals surface area (Å²) in [4.78, 5) is 0. The Morgan fingerprint density at radius 1 is 1.20 bits per heavy atom. The molecular formula is C16H16N4. The largest absolute Gasteiger partial charge is 0.197 e. The highest BCUT2D eigenvalue weighted by Crippen LogP contribution is 2.44. The first-order valence-corrected chi connectivity index (χ1v) is 6.47. The van der Waals surface area contributed by atoms with E-state index in [9.17, 15) is 0 Å². The van der Waals surface area contributed by atoms with Gasteiger partial charge in [0.15, 0.2) is 0 Å². The second kappa shape index (κ2) is 6.56. The summed E-state index contributed by atoms with van der Waals surface area (Å²) in [6, 6.07) is 7.92. The molecule has 0 N–H and O–H groups in total. The zero-order valence-electron chi connectivity index (χ0n) is 11.7. The van der Waals surface area contributed by atoms with Crippen molar-refractivity contribution in [1.82, 2.24) is 0 Å². The van der Waals surface area contributed by atoms with Crippen LogP contribution in [0.2, 0.25) is 0 Å². The number of hydrogen-bond donors (Lipinski definition) is 0. The molecule has 0 unspecified atom stereocenters. The summed E-state index contributed by atoms with van der Waals surface area (Å²) in [6.07, 6.45) is 1.32. The van der Waals surface area contributed by atoms with Crippen LogP contribution in [0.15, 0.2) is 23.3 Å². The van der Waals surface area contributed by atoms with Crippen molar-refractivity contribution >= 4 is 0 Å². The number of hydrogen-bond acceptors (Lipinski definition) is 4. The van der Waals surface area contributed by atoms with Crippen molar-refractivity contribution in [2.24, 2.45) is 23.7 Å². The minimum absolute atomic E-state index is 0.107. The molecule has 1 aliphatic rings. The average Bonchev–Trinajstić information content (AvgIpc) is 2.44. The monoisotopic (exact) mass is 264 g/mol. The SMILES string of the molecule is C=C(C)[C@H]1CC(=C(C#N)C#N)[C@@H](C)[C@H](C(C#N)C#N)C1. The van der Waals surface area contributed by atoms with Crippen molar-refractivity contribution in [3.05, 3.63) is 23.3 Å². The van der Waals surface area contributed by atoms with Crippen LogP contribution in [0.5, 0.6) is 0 Å². The third kappa shape index (κ3) is 2.88. The summed E-state index contributed by atoms with van der Waals surface area (Å²) in [6.45, 7) is 7.74. The van der Waals surface area contributed by atoms with Gasteiger partial charge in [-0.2, -0.15) is 21.0 Å². The van der Waals surface area contributed by atoms with E-state index in [1.54, 1.807) is 0 Å². The quantitative estimate of drug-likeness (QED) is 0.565. The van der Waals surface area contributed by atoms with Gasteiger partial charge in [-0.1, -0.05) is 19.1 Å². The highest BCUT2D eigenvalue weighted by Gasteiger charge is 2.38. The third-order valence-corrected chi connectivity index (χ3v) is 4.16. The van der Waals surface area contributed by atoms with Gasteiger partial charge < -0.3 is 0 Å². The maximum atomic E-state index is 9.12. The molecular weight excluding hydrogens is 248 g/mol. The lowest BCUT2D eigenvalue weighted by Crippen LogP contribution is -2.31. The number of nitriles is 4. The first-order chi connectivity index (χ1) is 9.49. The molecule has 0 spiro atoms. The molecule has 4 nitrogen and oxygen atoms in total. The van der Waals surface area contributed by atoms with E-state index in [0.29, 0.717) is 12.8 Å². The lowest BCUT2D eigenvalue weighted by molar-refractivity contribution is 0.248. The summed E-state index contributed by atoms with van der Waals surface area (Å²) >= 11 is 0. The number of rotatable bonds is 2. The Kier molecular flexibility index (Phi) is 5.08. The number of allylic oxidation sites excluding steroid dienone is 3. The van der Waals surface area contributed by atoms with Crippen molar-refractivity contribution in [1.29, 1.82) is 21.0 Å². The van der Waals surface area contributed by atoms with Crippen LogP contribution in [0.4, 0.5) is 0 Å². The van der Waals surface area contributed by atoms with Gasteiger partial charge in [0.05, 0.1) is 12.1 Å². The lowest BCUT2D eigenvalue weighted by Gasteiger charge is -2.37. The smallest absolute Gasteiger partial charge is 0.136 e. The Bertz CT molecular complexity index is 570. The van der Waals surface area contributed by atoms with Crippen LogP contribution in [0.25, 0.3) is 0 Å². The highest BCUT2D eigenvalue weighted by molar-refractivity contribution is 5.42. The van der Waals surface area contributed by atoms with Crippen molar-refractivity contribution in [2.75, 3.05) is 0 Å². The van der Waals surface area contributed by atoms with E-state index in [0.717, 1.165) is 11.1 Å². The summed E-state index contributed by atoms with van der Waals surface area (Å²) < 4.78 is 0. The molecule has 0 aliphatic heterocycles. The maximum absolute atomic E-state index is 9.12. The molecule has 20 heavy (non-hydrogen) atoms. The van der Waals surface area contributed by atoms with Crippen LogP contribution >= 0.6 is 0 Å². The normalized spacial score (nSPS) is 24.9. The van der Waals surface area contributed by atoms with Gasteiger partial charge in [-0.3, -0.25) is 0 Å². The molecule has 1 rings (SSSR count).